The summed E-state index contributed by atoms with van der Waals surface area (Å²) in [5.41, 5.74) is 1.10. The molecule has 1 N–H and O–H groups in total. The first-order valence-electron chi connectivity index (χ1n) is 9.18. The van der Waals surface area contributed by atoms with E-state index in [0.29, 0.717) is 25.5 Å². The molecule has 1 aromatic carbocycles. The van der Waals surface area contributed by atoms with E-state index in [0.717, 1.165) is 38.3 Å². The van der Waals surface area contributed by atoms with Crippen LogP contribution >= 0.6 is 0 Å². The lowest BCUT2D eigenvalue weighted by Crippen LogP contribution is -2.48. The summed E-state index contributed by atoms with van der Waals surface area (Å²) >= 11 is 0. The van der Waals surface area contributed by atoms with E-state index in [-0.39, 0.29) is 18.4 Å². The minimum absolute atomic E-state index is 0.00523. The smallest absolute Gasteiger partial charge is 0.257 e. The highest BCUT2D eigenvalue weighted by Crippen LogP contribution is 2.20. The van der Waals surface area contributed by atoms with E-state index < -0.39 is 0 Å². The highest BCUT2D eigenvalue weighted by Gasteiger charge is 2.18. The van der Waals surface area contributed by atoms with Crippen molar-refractivity contribution < 1.29 is 19.1 Å². The van der Waals surface area contributed by atoms with E-state index in [1.165, 1.54) is 0 Å². The van der Waals surface area contributed by atoms with Crippen molar-refractivity contribution in [3.8, 4) is 5.75 Å². The second-order valence-corrected chi connectivity index (χ2v) is 6.18. The fourth-order valence-corrected chi connectivity index (χ4v) is 2.78. The molecule has 0 saturated carbocycles. The summed E-state index contributed by atoms with van der Waals surface area (Å²) in [4.78, 5) is 27.2. The monoisotopic (exact) mass is 363 g/mol. The van der Waals surface area contributed by atoms with Gasteiger partial charge in [-0.2, -0.15) is 0 Å². The lowest BCUT2D eigenvalue weighted by Gasteiger charge is -2.35. The van der Waals surface area contributed by atoms with Gasteiger partial charge in [-0.1, -0.05) is 0 Å². The van der Waals surface area contributed by atoms with Crippen LogP contribution in [-0.2, 0) is 14.3 Å². The molecule has 7 nitrogen and oxygen atoms in total. The summed E-state index contributed by atoms with van der Waals surface area (Å²) < 4.78 is 10.7. The van der Waals surface area contributed by atoms with E-state index in [9.17, 15) is 9.59 Å². The molecule has 7 heteroatoms. The molecule has 144 valence electrons. The molecule has 0 aromatic heterocycles. The molecule has 1 aliphatic rings. The molecule has 1 heterocycles. The number of piperazine rings is 1. The van der Waals surface area contributed by atoms with Crippen LogP contribution in [0.25, 0.3) is 0 Å². The normalized spacial score (nSPS) is 14.2. The van der Waals surface area contributed by atoms with E-state index >= 15 is 0 Å². The Labute approximate surface area is 155 Å². The van der Waals surface area contributed by atoms with E-state index in [4.69, 9.17) is 9.47 Å². The van der Waals surface area contributed by atoms with Crippen LogP contribution in [0.5, 0.6) is 5.75 Å². The summed E-state index contributed by atoms with van der Waals surface area (Å²) in [5.74, 6) is 0.663. The van der Waals surface area contributed by atoms with Crippen molar-refractivity contribution in [2.75, 3.05) is 57.4 Å². The molecule has 0 bridgehead atoms. The number of rotatable bonds is 9. The topological polar surface area (TPSA) is 71.1 Å². The van der Waals surface area contributed by atoms with Crippen LogP contribution in [0.4, 0.5) is 5.69 Å². The Bertz CT molecular complexity index is 569. The maximum atomic E-state index is 11.7. The SMILES string of the molecule is CCOCCCNC(=O)COc1ccc(N2CCN(C(C)=O)CC2)cc1. The molecule has 0 radical (unpaired) electrons. The maximum absolute atomic E-state index is 11.7. The highest BCUT2D eigenvalue weighted by molar-refractivity contribution is 5.77. The Balaban J connectivity index is 1.69. The van der Waals surface area contributed by atoms with Crippen LogP contribution in [0, 0.1) is 0 Å². The van der Waals surface area contributed by atoms with Crippen LogP contribution in [0.1, 0.15) is 20.3 Å². The summed E-state index contributed by atoms with van der Waals surface area (Å²) in [6.07, 6.45) is 0.797. The number of nitrogens with zero attached hydrogens (tertiary/aromatic N) is 2. The van der Waals surface area contributed by atoms with Crippen LogP contribution in [0.2, 0.25) is 0 Å². The zero-order chi connectivity index (χ0) is 18.8. The maximum Gasteiger partial charge on any atom is 0.257 e. The van der Waals surface area contributed by atoms with Crippen LogP contribution in [0.15, 0.2) is 24.3 Å². The fraction of sp³-hybridized carbons (Fsp3) is 0.579. The summed E-state index contributed by atoms with van der Waals surface area (Å²) in [7, 11) is 0. The summed E-state index contributed by atoms with van der Waals surface area (Å²) in [5, 5.41) is 2.80. The molecule has 1 aromatic rings. The van der Waals surface area contributed by atoms with Crippen LogP contribution < -0.4 is 15.0 Å². The van der Waals surface area contributed by atoms with Crippen molar-refractivity contribution >= 4 is 17.5 Å². The fourth-order valence-electron chi connectivity index (χ4n) is 2.78. The molecular formula is C19H29N3O4. The molecule has 1 saturated heterocycles. The molecule has 0 spiro atoms. The number of anilines is 1. The van der Waals surface area contributed by atoms with Crippen molar-refractivity contribution in [2.45, 2.75) is 20.3 Å². The van der Waals surface area contributed by atoms with Gasteiger partial charge in [0.1, 0.15) is 5.75 Å². The minimum atomic E-state index is -0.133. The predicted molar refractivity (Wildman–Crippen MR) is 101 cm³/mol. The van der Waals surface area contributed by atoms with Crippen molar-refractivity contribution in [3.63, 3.8) is 0 Å². The number of hydrogen-bond donors (Lipinski definition) is 1. The molecule has 26 heavy (non-hydrogen) atoms. The zero-order valence-electron chi connectivity index (χ0n) is 15.7. The van der Waals surface area contributed by atoms with Crippen molar-refractivity contribution in [2.24, 2.45) is 0 Å². The summed E-state index contributed by atoms with van der Waals surface area (Å²) in [6, 6.07) is 7.71. The average Bonchev–Trinajstić information content (AvgIpc) is 2.66. The Morgan fingerprint density at radius 3 is 2.42 bits per heavy atom. The molecule has 2 amide bonds. The second-order valence-electron chi connectivity index (χ2n) is 6.18. The number of hydrogen-bond acceptors (Lipinski definition) is 5. The summed E-state index contributed by atoms with van der Waals surface area (Å²) in [6.45, 7) is 8.64. The third kappa shape index (κ3) is 6.55. The van der Waals surface area contributed by atoms with Crippen molar-refractivity contribution in [1.29, 1.82) is 0 Å². The number of benzene rings is 1. The third-order valence-corrected chi connectivity index (χ3v) is 4.29. The Morgan fingerprint density at radius 1 is 1.12 bits per heavy atom. The lowest BCUT2D eigenvalue weighted by atomic mass is 10.2. The molecule has 1 fully saturated rings. The minimum Gasteiger partial charge on any atom is -0.484 e. The van der Waals surface area contributed by atoms with Gasteiger partial charge in [-0.15, -0.1) is 0 Å². The van der Waals surface area contributed by atoms with Gasteiger partial charge in [0.2, 0.25) is 5.91 Å². The van der Waals surface area contributed by atoms with Crippen molar-refractivity contribution in [3.05, 3.63) is 24.3 Å². The second kappa shape index (κ2) is 10.7. The molecule has 2 rings (SSSR count). The van der Waals surface area contributed by atoms with Crippen molar-refractivity contribution in [1.82, 2.24) is 10.2 Å². The van der Waals surface area contributed by atoms with E-state index in [1.54, 1.807) is 6.92 Å². The molecular weight excluding hydrogens is 334 g/mol. The molecule has 0 aliphatic carbocycles. The number of ether oxygens (including phenoxy) is 2. The number of carbonyl (C=O) groups excluding carboxylic acids is 2. The van der Waals surface area contributed by atoms with Gasteiger partial charge in [-0.3, -0.25) is 9.59 Å². The predicted octanol–water partition coefficient (Wildman–Crippen LogP) is 1.28. The van der Waals surface area contributed by atoms with E-state index in [2.05, 4.69) is 10.2 Å². The lowest BCUT2D eigenvalue weighted by molar-refractivity contribution is -0.129. The Kier molecular flexibility index (Phi) is 8.21. The Hall–Kier alpha value is -2.28. The van der Waals surface area contributed by atoms with Gasteiger partial charge in [0, 0.05) is 58.5 Å². The first-order valence-corrected chi connectivity index (χ1v) is 9.18. The van der Waals surface area contributed by atoms with Gasteiger partial charge in [0.05, 0.1) is 0 Å². The van der Waals surface area contributed by atoms with Crippen LogP contribution in [-0.4, -0.2) is 69.3 Å². The quantitative estimate of drug-likeness (QED) is 0.669. The number of nitrogens with one attached hydrogen (secondary N) is 1. The molecule has 0 atom stereocenters. The van der Waals surface area contributed by atoms with E-state index in [1.807, 2.05) is 36.1 Å². The average molecular weight is 363 g/mol. The van der Waals surface area contributed by atoms with Gasteiger partial charge in [0.15, 0.2) is 6.61 Å². The first-order chi connectivity index (χ1) is 12.6. The highest BCUT2D eigenvalue weighted by atomic mass is 16.5. The van der Waals surface area contributed by atoms with Gasteiger partial charge >= 0.3 is 0 Å². The van der Waals surface area contributed by atoms with Gasteiger partial charge in [0.25, 0.3) is 5.91 Å². The standard InChI is InChI=1S/C19H29N3O4/c1-3-25-14-4-9-20-19(24)15-26-18-7-5-17(6-8-18)22-12-10-21(11-13-22)16(2)23/h5-8H,3-4,9-15H2,1-2H3,(H,20,24). The number of carbonyl (C=O) groups is 2. The Morgan fingerprint density at radius 2 is 1.81 bits per heavy atom. The number of amides is 2. The first kappa shape index (κ1) is 20.0. The molecule has 0 unspecified atom stereocenters. The molecule has 1 aliphatic heterocycles. The largest absolute Gasteiger partial charge is 0.484 e. The van der Waals surface area contributed by atoms with Gasteiger partial charge in [-0.05, 0) is 37.6 Å². The van der Waals surface area contributed by atoms with Gasteiger partial charge in [-0.25, -0.2) is 0 Å². The van der Waals surface area contributed by atoms with Gasteiger partial charge < -0.3 is 24.6 Å². The van der Waals surface area contributed by atoms with Crippen LogP contribution in [0.3, 0.4) is 0 Å². The third-order valence-electron chi connectivity index (χ3n) is 4.29. The zero-order valence-corrected chi connectivity index (χ0v) is 15.7.